The fraction of sp³-hybridized carbons (Fsp3) is 0.462. The summed E-state index contributed by atoms with van der Waals surface area (Å²) >= 11 is 5.79. The first-order valence-electron chi connectivity index (χ1n) is 5.91. The largest absolute Gasteiger partial charge is 0.326 e. The van der Waals surface area contributed by atoms with Gasteiger partial charge in [-0.1, -0.05) is 11.6 Å². The van der Waals surface area contributed by atoms with Gasteiger partial charge < -0.3 is 10.2 Å². The molecule has 1 aromatic carbocycles. The molecule has 0 bridgehead atoms. The van der Waals surface area contributed by atoms with Crippen molar-refractivity contribution in [1.82, 2.24) is 4.90 Å². The number of hydrogen-bond acceptors (Lipinski definition) is 2. The molecule has 2 rings (SSSR count). The number of rotatable bonds is 3. The van der Waals surface area contributed by atoms with Crippen LogP contribution in [-0.2, 0) is 4.79 Å². The third kappa shape index (κ3) is 3.45. The van der Waals surface area contributed by atoms with Crippen LogP contribution in [0.25, 0.3) is 0 Å². The van der Waals surface area contributed by atoms with E-state index in [-0.39, 0.29) is 5.91 Å². The van der Waals surface area contributed by atoms with Gasteiger partial charge in [0.2, 0.25) is 5.91 Å². The van der Waals surface area contributed by atoms with E-state index >= 15 is 0 Å². The van der Waals surface area contributed by atoms with Gasteiger partial charge in [-0.25, -0.2) is 0 Å². The Labute approximate surface area is 107 Å². The van der Waals surface area contributed by atoms with Gasteiger partial charge in [0.05, 0.1) is 0 Å². The van der Waals surface area contributed by atoms with Crippen molar-refractivity contribution in [2.24, 2.45) is 0 Å². The van der Waals surface area contributed by atoms with Crippen LogP contribution in [0.1, 0.15) is 19.3 Å². The number of nitrogens with one attached hydrogen (secondary N) is 1. The first-order chi connectivity index (χ1) is 8.15. The SMILES string of the molecule is CN1CCCC1CC(=O)Nc1ccc(Cl)cc1. The van der Waals surface area contributed by atoms with Gasteiger partial charge in [-0.3, -0.25) is 4.79 Å². The lowest BCUT2D eigenvalue weighted by Gasteiger charge is -2.18. The molecule has 0 spiro atoms. The van der Waals surface area contributed by atoms with Gasteiger partial charge in [-0.2, -0.15) is 0 Å². The van der Waals surface area contributed by atoms with Crippen molar-refractivity contribution in [3.8, 4) is 0 Å². The number of benzene rings is 1. The molecule has 0 aliphatic carbocycles. The van der Waals surface area contributed by atoms with E-state index in [1.54, 1.807) is 12.1 Å². The second-order valence-electron chi connectivity index (χ2n) is 4.54. The molecular formula is C13H17ClN2O. The minimum atomic E-state index is 0.0751. The molecule has 92 valence electrons. The topological polar surface area (TPSA) is 32.3 Å². The lowest BCUT2D eigenvalue weighted by molar-refractivity contribution is -0.117. The van der Waals surface area contributed by atoms with Crippen LogP contribution in [0.3, 0.4) is 0 Å². The van der Waals surface area contributed by atoms with Crippen molar-refractivity contribution in [3.05, 3.63) is 29.3 Å². The van der Waals surface area contributed by atoms with E-state index in [2.05, 4.69) is 17.3 Å². The summed E-state index contributed by atoms with van der Waals surface area (Å²) in [5, 5.41) is 3.57. The number of anilines is 1. The first-order valence-corrected chi connectivity index (χ1v) is 6.28. The van der Waals surface area contributed by atoms with Crippen LogP contribution in [0.5, 0.6) is 0 Å². The zero-order chi connectivity index (χ0) is 12.3. The van der Waals surface area contributed by atoms with Crippen LogP contribution in [0.15, 0.2) is 24.3 Å². The Morgan fingerprint density at radius 2 is 2.18 bits per heavy atom. The summed E-state index contributed by atoms with van der Waals surface area (Å²) in [4.78, 5) is 14.1. The Hall–Kier alpha value is -1.06. The lowest BCUT2D eigenvalue weighted by atomic mass is 10.1. The van der Waals surface area contributed by atoms with Gasteiger partial charge in [0.25, 0.3) is 0 Å². The Morgan fingerprint density at radius 1 is 1.47 bits per heavy atom. The number of carbonyl (C=O) groups is 1. The highest BCUT2D eigenvalue weighted by atomic mass is 35.5. The lowest BCUT2D eigenvalue weighted by Crippen LogP contribution is -2.29. The molecule has 1 aliphatic heterocycles. The van der Waals surface area contributed by atoms with Crippen molar-refractivity contribution < 1.29 is 4.79 Å². The number of nitrogens with zero attached hydrogens (tertiary/aromatic N) is 1. The van der Waals surface area contributed by atoms with E-state index < -0.39 is 0 Å². The molecule has 1 aliphatic rings. The molecule has 1 saturated heterocycles. The van der Waals surface area contributed by atoms with Gasteiger partial charge >= 0.3 is 0 Å². The van der Waals surface area contributed by atoms with Crippen molar-refractivity contribution in [1.29, 1.82) is 0 Å². The highest BCUT2D eigenvalue weighted by Crippen LogP contribution is 2.19. The summed E-state index contributed by atoms with van der Waals surface area (Å²) in [5.41, 5.74) is 0.806. The van der Waals surface area contributed by atoms with E-state index in [4.69, 9.17) is 11.6 Å². The van der Waals surface area contributed by atoms with Crippen molar-refractivity contribution >= 4 is 23.2 Å². The predicted molar refractivity (Wildman–Crippen MR) is 70.4 cm³/mol. The monoisotopic (exact) mass is 252 g/mol. The minimum Gasteiger partial charge on any atom is -0.326 e. The number of halogens is 1. The normalized spacial score (nSPS) is 20.5. The van der Waals surface area contributed by atoms with E-state index in [9.17, 15) is 4.79 Å². The second-order valence-corrected chi connectivity index (χ2v) is 4.97. The Morgan fingerprint density at radius 3 is 2.76 bits per heavy atom. The standard InChI is InChI=1S/C13H17ClN2O/c1-16-8-2-3-12(16)9-13(17)15-11-6-4-10(14)5-7-11/h4-7,12H,2-3,8-9H2,1H3,(H,15,17). The summed E-state index contributed by atoms with van der Waals surface area (Å²) in [6.07, 6.45) is 2.87. The third-order valence-electron chi connectivity index (χ3n) is 3.22. The molecule has 17 heavy (non-hydrogen) atoms. The zero-order valence-electron chi connectivity index (χ0n) is 9.95. The molecule has 1 atom stereocenters. The molecule has 0 radical (unpaired) electrons. The van der Waals surface area contributed by atoms with E-state index in [0.717, 1.165) is 18.7 Å². The number of amides is 1. The molecule has 1 fully saturated rings. The maximum Gasteiger partial charge on any atom is 0.225 e. The van der Waals surface area contributed by atoms with Crippen LogP contribution in [0.2, 0.25) is 5.02 Å². The Bertz CT molecular complexity index is 391. The highest BCUT2D eigenvalue weighted by molar-refractivity contribution is 6.30. The second kappa shape index (κ2) is 5.52. The summed E-state index contributed by atoms with van der Waals surface area (Å²) in [7, 11) is 2.08. The molecule has 4 heteroatoms. The Kier molecular flexibility index (Phi) is 4.02. The molecule has 1 aromatic rings. The molecule has 1 amide bonds. The Balaban J connectivity index is 1.86. The van der Waals surface area contributed by atoms with Gasteiger partial charge in [0.1, 0.15) is 0 Å². The third-order valence-corrected chi connectivity index (χ3v) is 3.47. The average Bonchev–Trinajstić information content (AvgIpc) is 2.68. The maximum atomic E-state index is 11.8. The predicted octanol–water partition coefficient (Wildman–Crippen LogP) is 2.76. The summed E-state index contributed by atoms with van der Waals surface area (Å²) in [6, 6.07) is 7.58. The smallest absolute Gasteiger partial charge is 0.225 e. The van der Waals surface area contributed by atoms with Crippen LogP contribution in [0, 0.1) is 0 Å². The van der Waals surface area contributed by atoms with E-state index in [1.165, 1.54) is 6.42 Å². The zero-order valence-corrected chi connectivity index (χ0v) is 10.7. The highest BCUT2D eigenvalue weighted by Gasteiger charge is 2.23. The quantitative estimate of drug-likeness (QED) is 0.897. The molecule has 3 nitrogen and oxygen atoms in total. The summed E-state index contributed by atoms with van der Waals surface area (Å²) in [5.74, 6) is 0.0751. The van der Waals surface area contributed by atoms with Crippen LogP contribution >= 0.6 is 11.6 Å². The summed E-state index contributed by atoms with van der Waals surface area (Å²) < 4.78 is 0. The fourth-order valence-electron chi connectivity index (χ4n) is 2.20. The first kappa shape index (κ1) is 12.4. The van der Waals surface area contributed by atoms with Gasteiger partial charge in [0, 0.05) is 23.2 Å². The number of hydrogen-bond donors (Lipinski definition) is 1. The molecule has 0 saturated carbocycles. The maximum absolute atomic E-state index is 11.8. The summed E-state index contributed by atoms with van der Waals surface area (Å²) in [6.45, 7) is 1.10. The van der Waals surface area contributed by atoms with E-state index in [1.807, 2.05) is 12.1 Å². The van der Waals surface area contributed by atoms with Crippen molar-refractivity contribution in [2.45, 2.75) is 25.3 Å². The molecule has 1 heterocycles. The number of carbonyl (C=O) groups excluding carboxylic acids is 1. The minimum absolute atomic E-state index is 0.0751. The molecule has 1 unspecified atom stereocenters. The number of likely N-dealkylation sites (tertiary alicyclic amines) is 1. The van der Waals surface area contributed by atoms with Crippen LogP contribution < -0.4 is 5.32 Å². The molecular weight excluding hydrogens is 236 g/mol. The van der Waals surface area contributed by atoms with Gasteiger partial charge in [-0.15, -0.1) is 0 Å². The van der Waals surface area contributed by atoms with Gasteiger partial charge in [0.15, 0.2) is 0 Å². The van der Waals surface area contributed by atoms with Crippen molar-refractivity contribution in [2.75, 3.05) is 18.9 Å². The molecule has 0 aromatic heterocycles. The van der Waals surface area contributed by atoms with Gasteiger partial charge in [-0.05, 0) is 50.7 Å². The van der Waals surface area contributed by atoms with Crippen LogP contribution in [0.4, 0.5) is 5.69 Å². The van der Waals surface area contributed by atoms with Crippen molar-refractivity contribution in [3.63, 3.8) is 0 Å². The molecule has 1 N–H and O–H groups in total. The average molecular weight is 253 g/mol. The van der Waals surface area contributed by atoms with E-state index in [0.29, 0.717) is 17.5 Å². The van der Waals surface area contributed by atoms with Crippen LogP contribution in [-0.4, -0.2) is 30.4 Å². The fourth-order valence-corrected chi connectivity index (χ4v) is 2.32.